The van der Waals surface area contributed by atoms with Gasteiger partial charge >= 0.3 is 18.0 Å². The molecule has 0 spiro atoms. The fourth-order valence-corrected chi connectivity index (χ4v) is 4.52. The molecule has 11 heteroatoms. The van der Waals surface area contributed by atoms with Crippen molar-refractivity contribution in [3.8, 4) is 0 Å². The second-order valence-electron chi connectivity index (χ2n) is 8.82. The van der Waals surface area contributed by atoms with E-state index < -0.39 is 24.3 Å². The van der Waals surface area contributed by atoms with Crippen LogP contribution in [0, 0.1) is 0 Å². The standard InChI is InChI=1S/C25H31ClN6O4/c1-36-22(33)13-16-30-24(34)31(17-18-5-7-19(26)8-6-18)23(32(27)25(30)35)28-20-9-11-21(12-10-20)29-14-3-2-4-15-29/h5-12,23,28H,2-4,13-17,27H2,1H3. The van der Waals surface area contributed by atoms with E-state index in [1.165, 1.54) is 31.3 Å². The van der Waals surface area contributed by atoms with Gasteiger partial charge in [-0.05, 0) is 61.2 Å². The van der Waals surface area contributed by atoms with Gasteiger partial charge in [-0.15, -0.1) is 0 Å². The van der Waals surface area contributed by atoms with Gasteiger partial charge in [0.05, 0.1) is 20.1 Å². The van der Waals surface area contributed by atoms with Gasteiger partial charge < -0.3 is 15.0 Å². The quantitative estimate of drug-likeness (QED) is 0.313. The lowest BCUT2D eigenvalue weighted by atomic mass is 10.1. The predicted molar refractivity (Wildman–Crippen MR) is 137 cm³/mol. The Labute approximate surface area is 215 Å². The third kappa shape index (κ3) is 5.83. The van der Waals surface area contributed by atoms with Gasteiger partial charge in [0, 0.05) is 36.0 Å². The number of esters is 1. The summed E-state index contributed by atoms with van der Waals surface area (Å²) in [7, 11) is 1.25. The summed E-state index contributed by atoms with van der Waals surface area (Å²) >= 11 is 6.02. The van der Waals surface area contributed by atoms with E-state index in [2.05, 4.69) is 15.0 Å². The van der Waals surface area contributed by atoms with Crippen molar-refractivity contribution in [2.45, 2.75) is 38.5 Å². The van der Waals surface area contributed by atoms with Gasteiger partial charge in [0.25, 0.3) is 0 Å². The molecule has 4 rings (SSSR count). The third-order valence-electron chi connectivity index (χ3n) is 6.40. The van der Waals surface area contributed by atoms with Crippen LogP contribution in [0.5, 0.6) is 0 Å². The van der Waals surface area contributed by atoms with E-state index in [9.17, 15) is 14.4 Å². The van der Waals surface area contributed by atoms with E-state index in [4.69, 9.17) is 17.4 Å². The first-order valence-electron chi connectivity index (χ1n) is 12.0. The van der Waals surface area contributed by atoms with Crippen LogP contribution < -0.4 is 16.1 Å². The molecule has 0 aromatic heterocycles. The number of benzene rings is 2. The van der Waals surface area contributed by atoms with Crippen molar-refractivity contribution in [1.29, 1.82) is 0 Å². The average Bonchev–Trinajstić information content (AvgIpc) is 2.91. The monoisotopic (exact) mass is 514 g/mol. The topological polar surface area (TPSA) is 111 Å². The van der Waals surface area contributed by atoms with Crippen molar-refractivity contribution in [3.63, 3.8) is 0 Å². The largest absolute Gasteiger partial charge is 0.469 e. The molecule has 0 bridgehead atoms. The van der Waals surface area contributed by atoms with Crippen LogP contribution in [-0.4, -0.2) is 65.9 Å². The van der Waals surface area contributed by atoms with Gasteiger partial charge in [-0.3, -0.25) is 9.69 Å². The number of nitrogens with one attached hydrogen (secondary N) is 1. The summed E-state index contributed by atoms with van der Waals surface area (Å²) in [5.41, 5.74) is 2.64. The molecule has 0 saturated carbocycles. The zero-order valence-corrected chi connectivity index (χ0v) is 21.0. The Bertz CT molecular complexity index is 1070. The van der Waals surface area contributed by atoms with Crippen molar-refractivity contribution in [2.24, 2.45) is 5.84 Å². The van der Waals surface area contributed by atoms with Gasteiger partial charge in [-0.2, -0.15) is 0 Å². The Hall–Kier alpha value is -3.50. The van der Waals surface area contributed by atoms with Gasteiger partial charge in [0.15, 0.2) is 0 Å². The number of carbonyl (C=O) groups excluding carboxylic acids is 3. The Morgan fingerprint density at radius 1 is 1.03 bits per heavy atom. The number of piperidine rings is 1. The number of nitrogens with zero attached hydrogens (tertiary/aromatic N) is 4. The lowest BCUT2D eigenvalue weighted by Gasteiger charge is -2.45. The third-order valence-corrected chi connectivity index (χ3v) is 6.66. The number of hydrogen-bond acceptors (Lipinski definition) is 7. The molecule has 2 saturated heterocycles. The molecule has 0 radical (unpaired) electrons. The molecule has 3 N–H and O–H groups in total. The summed E-state index contributed by atoms with van der Waals surface area (Å²) in [6.45, 7) is 2.08. The van der Waals surface area contributed by atoms with E-state index in [0.717, 1.165) is 34.2 Å². The lowest BCUT2D eigenvalue weighted by Crippen LogP contribution is -2.70. The number of nitrogens with two attached hydrogens (primary N) is 1. The maximum Gasteiger partial charge on any atom is 0.345 e. The first-order chi connectivity index (χ1) is 17.4. The zero-order chi connectivity index (χ0) is 25.7. The molecule has 2 aliphatic heterocycles. The van der Waals surface area contributed by atoms with Gasteiger partial charge in [0.1, 0.15) is 0 Å². The van der Waals surface area contributed by atoms with Crippen LogP contribution in [0.25, 0.3) is 0 Å². The fourth-order valence-electron chi connectivity index (χ4n) is 4.39. The van der Waals surface area contributed by atoms with Crippen molar-refractivity contribution >= 4 is 41.0 Å². The normalized spacial score (nSPS) is 18.5. The number of imide groups is 1. The maximum atomic E-state index is 13.4. The van der Waals surface area contributed by atoms with Crippen molar-refractivity contribution in [3.05, 3.63) is 59.1 Å². The van der Waals surface area contributed by atoms with E-state index in [-0.39, 0.29) is 19.5 Å². The summed E-state index contributed by atoms with van der Waals surface area (Å²) in [5, 5.41) is 4.76. The summed E-state index contributed by atoms with van der Waals surface area (Å²) in [6, 6.07) is 13.7. The minimum Gasteiger partial charge on any atom is -0.469 e. The van der Waals surface area contributed by atoms with E-state index in [1.54, 1.807) is 24.3 Å². The molecule has 4 amide bonds. The van der Waals surface area contributed by atoms with E-state index >= 15 is 0 Å². The van der Waals surface area contributed by atoms with E-state index in [0.29, 0.717) is 10.7 Å². The van der Waals surface area contributed by atoms with Crippen molar-refractivity contribution in [2.75, 3.05) is 37.0 Å². The smallest absolute Gasteiger partial charge is 0.345 e. The molecule has 2 aromatic rings. The Kier molecular flexibility index (Phi) is 8.17. The maximum absolute atomic E-state index is 13.4. The molecule has 2 heterocycles. The van der Waals surface area contributed by atoms with Crippen molar-refractivity contribution in [1.82, 2.24) is 14.8 Å². The fraction of sp³-hybridized carbons (Fsp3) is 0.400. The van der Waals surface area contributed by atoms with Crippen LogP contribution in [0.15, 0.2) is 48.5 Å². The first kappa shape index (κ1) is 25.6. The SMILES string of the molecule is COC(=O)CCN1C(=O)N(N)C(Nc2ccc(N3CCCCC3)cc2)N(Cc2ccc(Cl)cc2)C1=O. The molecule has 2 aromatic carbocycles. The van der Waals surface area contributed by atoms with Crippen LogP contribution in [0.4, 0.5) is 21.0 Å². The molecule has 1 atom stereocenters. The number of rotatable bonds is 8. The Balaban J connectivity index is 1.56. The number of anilines is 2. The van der Waals surface area contributed by atoms with Crippen molar-refractivity contribution < 1.29 is 19.1 Å². The number of hydrogen-bond donors (Lipinski definition) is 2. The number of carbonyl (C=O) groups is 3. The molecular formula is C25H31ClN6O4. The number of hydrazine groups is 1. The van der Waals surface area contributed by atoms with E-state index in [1.807, 2.05) is 24.3 Å². The summed E-state index contributed by atoms with van der Waals surface area (Å²) in [6.07, 6.45) is 2.54. The summed E-state index contributed by atoms with van der Waals surface area (Å²) in [5.74, 6) is 5.69. The second kappa shape index (κ2) is 11.5. The number of methoxy groups -OCH3 is 1. The molecule has 1 unspecified atom stereocenters. The highest BCUT2D eigenvalue weighted by Crippen LogP contribution is 2.25. The number of urea groups is 2. The number of halogens is 1. The average molecular weight is 515 g/mol. The predicted octanol–water partition coefficient (Wildman–Crippen LogP) is 3.82. The van der Waals surface area contributed by atoms with Gasteiger partial charge in [-0.1, -0.05) is 23.7 Å². The summed E-state index contributed by atoms with van der Waals surface area (Å²) < 4.78 is 4.65. The molecule has 36 heavy (non-hydrogen) atoms. The second-order valence-corrected chi connectivity index (χ2v) is 9.25. The zero-order valence-electron chi connectivity index (χ0n) is 20.2. The van der Waals surface area contributed by atoms with Crippen LogP contribution in [-0.2, 0) is 16.1 Å². The Morgan fingerprint density at radius 3 is 2.33 bits per heavy atom. The molecule has 2 fully saturated rings. The minimum atomic E-state index is -0.948. The highest BCUT2D eigenvalue weighted by atomic mass is 35.5. The molecule has 192 valence electrons. The first-order valence-corrected chi connectivity index (χ1v) is 12.3. The molecule has 2 aliphatic rings. The highest BCUT2D eigenvalue weighted by Gasteiger charge is 2.43. The van der Waals surface area contributed by atoms with Crippen LogP contribution >= 0.6 is 11.6 Å². The van der Waals surface area contributed by atoms with Crippen LogP contribution in [0.2, 0.25) is 5.02 Å². The van der Waals surface area contributed by atoms with Gasteiger partial charge in [0.2, 0.25) is 6.29 Å². The Morgan fingerprint density at radius 2 is 1.69 bits per heavy atom. The number of amides is 4. The van der Waals surface area contributed by atoms with Gasteiger partial charge in [-0.25, -0.2) is 25.3 Å². The van der Waals surface area contributed by atoms with Crippen LogP contribution in [0.1, 0.15) is 31.2 Å². The van der Waals surface area contributed by atoms with Crippen LogP contribution in [0.3, 0.4) is 0 Å². The lowest BCUT2D eigenvalue weighted by molar-refractivity contribution is -0.140. The molecule has 10 nitrogen and oxygen atoms in total. The highest BCUT2D eigenvalue weighted by molar-refractivity contribution is 6.30. The minimum absolute atomic E-state index is 0.132. The summed E-state index contributed by atoms with van der Waals surface area (Å²) in [4.78, 5) is 42.8. The molecular weight excluding hydrogens is 484 g/mol. The number of ether oxygens (including phenoxy) is 1. The molecule has 0 aliphatic carbocycles.